The molecule has 0 spiro atoms. The Hall–Kier alpha value is -2.76. The minimum Gasteiger partial charge on any atom is -0.481 e. The first-order valence-electron chi connectivity index (χ1n) is 8.41. The Morgan fingerprint density at radius 2 is 1.80 bits per heavy atom. The number of carbonyl (C=O) groups is 2. The molecule has 1 amide bonds. The second kappa shape index (κ2) is 7.42. The van der Waals surface area contributed by atoms with Crippen molar-refractivity contribution in [3.05, 3.63) is 48.5 Å². The molecule has 3 rings (SSSR count). The molecule has 1 aromatic heterocycles. The Morgan fingerprint density at radius 1 is 1.12 bits per heavy atom. The minimum absolute atomic E-state index is 0.0192. The number of amides is 1. The lowest BCUT2D eigenvalue weighted by atomic mass is 9.93. The van der Waals surface area contributed by atoms with E-state index in [1.54, 1.807) is 17.3 Å². The largest absolute Gasteiger partial charge is 0.481 e. The molecule has 1 aliphatic rings. The van der Waals surface area contributed by atoms with Gasteiger partial charge in [0.05, 0.1) is 12.3 Å². The number of carbonyl (C=O) groups excluding carboxylic acids is 1. The van der Waals surface area contributed by atoms with E-state index < -0.39 is 11.9 Å². The van der Waals surface area contributed by atoms with E-state index >= 15 is 0 Å². The molecule has 1 fully saturated rings. The number of likely N-dealkylation sites (tertiary alicyclic amines) is 1. The van der Waals surface area contributed by atoms with Crippen LogP contribution in [0.2, 0.25) is 0 Å². The topological polar surface area (TPSA) is 83.4 Å². The number of aromatic nitrogens is 2. The standard InChI is InChI=1S/C19H21N3O3/c1-13-2-5-16(19(24)25)11-22(13)18(23)8-14-3-6-15(7-4-14)17-9-20-12-21-10-17/h3-4,6-7,9-10,12-13,16H,2,5,8,11H2,1H3,(H,24,25)/t13-,16+/m1/s1. The normalized spacial score (nSPS) is 20.3. The lowest BCUT2D eigenvalue weighted by Crippen LogP contribution is -2.47. The molecule has 0 bridgehead atoms. The zero-order valence-corrected chi connectivity index (χ0v) is 14.1. The van der Waals surface area contributed by atoms with Gasteiger partial charge in [-0.1, -0.05) is 24.3 Å². The van der Waals surface area contributed by atoms with Crippen LogP contribution in [0.25, 0.3) is 11.1 Å². The van der Waals surface area contributed by atoms with E-state index in [4.69, 9.17) is 0 Å². The fourth-order valence-corrected chi connectivity index (χ4v) is 3.20. The van der Waals surface area contributed by atoms with Gasteiger partial charge in [0.2, 0.25) is 5.91 Å². The first-order valence-corrected chi connectivity index (χ1v) is 8.41. The number of nitrogens with zero attached hydrogens (tertiary/aromatic N) is 3. The molecule has 1 aromatic carbocycles. The summed E-state index contributed by atoms with van der Waals surface area (Å²) in [4.78, 5) is 33.5. The van der Waals surface area contributed by atoms with E-state index in [2.05, 4.69) is 9.97 Å². The SMILES string of the molecule is C[C@@H]1CC[C@H](C(=O)O)CN1C(=O)Cc1ccc(-c2cncnc2)cc1. The molecule has 6 heteroatoms. The van der Waals surface area contributed by atoms with Crippen LogP contribution in [0.4, 0.5) is 0 Å². The molecule has 2 heterocycles. The van der Waals surface area contributed by atoms with Crippen LogP contribution >= 0.6 is 0 Å². The third-order valence-electron chi connectivity index (χ3n) is 4.75. The average Bonchev–Trinajstić information content (AvgIpc) is 2.63. The van der Waals surface area contributed by atoms with Crippen molar-refractivity contribution >= 4 is 11.9 Å². The molecule has 0 saturated carbocycles. The van der Waals surface area contributed by atoms with Crippen molar-refractivity contribution in [2.24, 2.45) is 5.92 Å². The summed E-state index contributed by atoms with van der Waals surface area (Å²) in [6, 6.07) is 7.82. The Morgan fingerprint density at radius 3 is 2.44 bits per heavy atom. The molecule has 0 radical (unpaired) electrons. The quantitative estimate of drug-likeness (QED) is 0.925. The molecule has 2 atom stereocenters. The van der Waals surface area contributed by atoms with E-state index in [9.17, 15) is 14.7 Å². The van der Waals surface area contributed by atoms with Gasteiger partial charge in [-0.15, -0.1) is 0 Å². The van der Waals surface area contributed by atoms with Gasteiger partial charge in [-0.3, -0.25) is 9.59 Å². The summed E-state index contributed by atoms with van der Waals surface area (Å²) in [5, 5.41) is 9.20. The zero-order valence-electron chi connectivity index (χ0n) is 14.1. The fourth-order valence-electron chi connectivity index (χ4n) is 3.20. The molecule has 6 nitrogen and oxygen atoms in total. The number of carboxylic acids is 1. The predicted octanol–water partition coefficient (Wildman–Crippen LogP) is 2.40. The van der Waals surface area contributed by atoms with Crippen molar-refractivity contribution in [3.8, 4) is 11.1 Å². The van der Waals surface area contributed by atoms with E-state index in [1.807, 2.05) is 31.2 Å². The number of benzene rings is 1. The van der Waals surface area contributed by atoms with Gasteiger partial charge in [0.25, 0.3) is 0 Å². The molecular formula is C19H21N3O3. The van der Waals surface area contributed by atoms with E-state index in [1.165, 1.54) is 6.33 Å². The van der Waals surface area contributed by atoms with Crippen molar-refractivity contribution < 1.29 is 14.7 Å². The van der Waals surface area contributed by atoms with Crippen molar-refractivity contribution in [2.45, 2.75) is 32.2 Å². The van der Waals surface area contributed by atoms with Gasteiger partial charge in [-0.25, -0.2) is 9.97 Å². The van der Waals surface area contributed by atoms with E-state index in [0.717, 1.165) is 23.1 Å². The summed E-state index contributed by atoms with van der Waals surface area (Å²) in [6.45, 7) is 2.28. The number of carboxylic acid groups (broad SMARTS) is 1. The maximum Gasteiger partial charge on any atom is 0.308 e. The second-order valence-electron chi connectivity index (χ2n) is 6.51. The molecule has 0 aliphatic carbocycles. The van der Waals surface area contributed by atoms with Gasteiger partial charge in [0.1, 0.15) is 6.33 Å². The maximum absolute atomic E-state index is 12.6. The molecule has 130 valence electrons. The lowest BCUT2D eigenvalue weighted by Gasteiger charge is -2.36. The van der Waals surface area contributed by atoms with Crippen LogP contribution in [-0.2, 0) is 16.0 Å². The maximum atomic E-state index is 12.6. The van der Waals surface area contributed by atoms with Gasteiger partial charge in [0.15, 0.2) is 0 Å². The molecule has 1 aliphatic heterocycles. The summed E-state index contributed by atoms with van der Waals surface area (Å²) < 4.78 is 0. The highest BCUT2D eigenvalue weighted by atomic mass is 16.4. The molecule has 1 saturated heterocycles. The van der Waals surface area contributed by atoms with Crippen molar-refractivity contribution in [1.29, 1.82) is 0 Å². The molecule has 0 unspecified atom stereocenters. The van der Waals surface area contributed by atoms with E-state index in [0.29, 0.717) is 13.0 Å². The van der Waals surface area contributed by atoms with Crippen molar-refractivity contribution in [2.75, 3.05) is 6.54 Å². The third kappa shape index (κ3) is 4.02. The lowest BCUT2D eigenvalue weighted by molar-refractivity contribution is -0.146. The van der Waals surface area contributed by atoms with Crippen LogP contribution in [-0.4, -0.2) is 44.4 Å². The molecule has 25 heavy (non-hydrogen) atoms. The highest BCUT2D eigenvalue weighted by Crippen LogP contribution is 2.23. The molecule has 2 aromatic rings. The van der Waals surface area contributed by atoms with Crippen LogP contribution in [0.5, 0.6) is 0 Å². The summed E-state index contributed by atoms with van der Waals surface area (Å²) >= 11 is 0. The zero-order chi connectivity index (χ0) is 17.8. The first-order chi connectivity index (χ1) is 12.0. The number of hydrogen-bond acceptors (Lipinski definition) is 4. The summed E-state index contributed by atoms with van der Waals surface area (Å²) in [6.07, 6.45) is 6.62. The smallest absolute Gasteiger partial charge is 0.308 e. The van der Waals surface area contributed by atoms with E-state index in [-0.39, 0.29) is 18.4 Å². The number of piperidine rings is 1. The van der Waals surface area contributed by atoms with Gasteiger partial charge >= 0.3 is 5.97 Å². The Bertz CT molecular complexity index is 746. The second-order valence-corrected chi connectivity index (χ2v) is 6.51. The number of hydrogen-bond donors (Lipinski definition) is 1. The van der Waals surface area contributed by atoms with Crippen molar-refractivity contribution in [3.63, 3.8) is 0 Å². The summed E-state index contributed by atoms with van der Waals surface area (Å²) in [7, 11) is 0. The summed E-state index contributed by atoms with van der Waals surface area (Å²) in [5.74, 6) is -1.30. The molecule has 1 N–H and O–H groups in total. The van der Waals surface area contributed by atoms with Gasteiger partial charge in [0, 0.05) is 30.5 Å². The Labute approximate surface area is 146 Å². The van der Waals surface area contributed by atoms with Gasteiger partial charge in [-0.2, -0.15) is 0 Å². The summed E-state index contributed by atoms with van der Waals surface area (Å²) in [5.41, 5.74) is 2.83. The van der Waals surface area contributed by atoms with Gasteiger partial charge < -0.3 is 10.0 Å². The monoisotopic (exact) mass is 339 g/mol. The van der Waals surface area contributed by atoms with Crippen LogP contribution in [0.15, 0.2) is 43.0 Å². The highest BCUT2D eigenvalue weighted by Gasteiger charge is 2.32. The Kier molecular flexibility index (Phi) is 5.07. The number of rotatable bonds is 4. The first kappa shape index (κ1) is 17.1. The van der Waals surface area contributed by atoms with Crippen molar-refractivity contribution in [1.82, 2.24) is 14.9 Å². The number of aliphatic carboxylic acids is 1. The van der Waals surface area contributed by atoms with Gasteiger partial charge in [-0.05, 0) is 30.9 Å². The predicted molar refractivity (Wildman–Crippen MR) is 92.7 cm³/mol. The Balaban J connectivity index is 1.67. The minimum atomic E-state index is -0.820. The average molecular weight is 339 g/mol. The van der Waals surface area contributed by atoms with Crippen LogP contribution in [0.1, 0.15) is 25.3 Å². The third-order valence-corrected chi connectivity index (χ3v) is 4.75. The van der Waals surface area contributed by atoms with Crippen LogP contribution in [0.3, 0.4) is 0 Å². The van der Waals surface area contributed by atoms with Crippen LogP contribution in [0, 0.1) is 5.92 Å². The fraction of sp³-hybridized carbons (Fsp3) is 0.368. The molecular weight excluding hydrogens is 318 g/mol. The highest BCUT2D eigenvalue weighted by molar-refractivity contribution is 5.80. The van der Waals surface area contributed by atoms with Crippen LogP contribution < -0.4 is 0 Å².